The van der Waals surface area contributed by atoms with Crippen LogP contribution in [0.1, 0.15) is 11.1 Å². The molecule has 0 aliphatic rings. The Morgan fingerprint density at radius 1 is 1.07 bits per heavy atom. The lowest BCUT2D eigenvalue weighted by atomic mass is 10.1. The second-order valence-corrected chi connectivity index (χ2v) is 6.79. The molecule has 0 unspecified atom stereocenters. The SMILES string of the molecule is CNC(=O)Cc1ccc(NC(=O)Cn2c(-c3ccc(C)cc3)n[nH]c2=S)cc1. The molecule has 2 aromatic carbocycles. The van der Waals surface area contributed by atoms with Crippen LogP contribution in [0.2, 0.25) is 0 Å². The lowest BCUT2D eigenvalue weighted by Crippen LogP contribution is -2.20. The normalized spacial score (nSPS) is 10.5. The van der Waals surface area contributed by atoms with E-state index in [-0.39, 0.29) is 18.4 Å². The number of hydrogen-bond donors (Lipinski definition) is 3. The number of hydrogen-bond acceptors (Lipinski definition) is 4. The van der Waals surface area contributed by atoms with E-state index in [2.05, 4.69) is 20.8 Å². The molecule has 3 aromatic rings. The molecule has 0 radical (unpaired) electrons. The molecule has 0 saturated heterocycles. The summed E-state index contributed by atoms with van der Waals surface area (Å²) in [7, 11) is 1.60. The van der Waals surface area contributed by atoms with Crippen LogP contribution in [-0.2, 0) is 22.6 Å². The van der Waals surface area contributed by atoms with E-state index in [4.69, 9.17) is 12.2 Å². The fourth-order valence-electron chi connectivity index (χ4n) is 2.71. The minimum Gasteiger partial charge on any atom is -0.359 e. The van der Waals surface area contributed by atoms with E-state index in [1.54, 1.807) is 23.7 Å². The molecule has 0 fully saturated rings. The molecule has 3 N–H and O–H groups in total. The first-order valence-electron chi connectivity index (χ1n) is 8.78. The van der Waals surface area contributed by atoms with Crippen LogP contribution in [0.3, 0.4) is 0 Å². The molecule has 8 heteroatoms. The number of rotatable bonds is 6. The van der Waals surface area contributed by atoms with Gasteiger partial charge in [0.05, 0.1) is 6.42 Å². The fourth-order valence-corrected chi connectivity index (χ4v) is 2.91. The van der Waals surface area contributed by atoms with E-state index in [1.165, 1.54) is 0 Å². The van der Waals surface area contributed by atoms with Gasteiger partial charge in [-0.1, -0.05) is 42.0 Å². The first kappa shape index (κ1) is 19.5. The number of H-pyrrole nitrogens is 1. The maximum Gasteiger partial charge on any atom is 0.244 e. The highest BCUT2D eigenvalue weighted by Gasteiger charge is 2.12. The van der Waals surface area contributed by atoms with E-state index >= 15 is 0 Å². The minimum absolute atomic E-state index is 0.0402. The predicted octanol–water partition coefficient (Wildman–Crippen LogP) is 2.84. The first-order valence-corrected chi connectivity index (χ1v) is 9.18. The highest BCUT2D eigenvalue weighted by molar-refractivity contribution is 7.71. The smallest absolute Gasteiger partial charge is 0.244 e. The van der Waals surface area contributed by atoms with Crippen molar-refractivity contribution in [1.82, 2.24) is 20.1 Å². The number of aromatic amines is 1. The summed E-state index contributed by atoms with van der Waals surface area (Å²) < 4.78 is 2.04. The molecular weight excluding hydrogens is 374 g/mol. The maximum absolute atomic E-state index is 12.5. The molecule has 0 aliphatic carbocycles. The summed E-state index contributed by atoms with van der Waals surface area (Å²) in [6, 6.07) is 15.0. The number of nitrogens with one attached hydrogen (secondary N) is 3. The van der Waals surface area contributed by atoms with Gasteiger partial charge in [-0.3, -0.25) is 19.3 Å². The van der Waals surface area contributed by atoms with E-state index in [0.717, 1.165) is 16.7 Å². The number of carbonyl (C=O) groups is 2. The van der Waals surface area contributed by atoms with Crippen molar-refractivity contribution in [2.24, 2.45) is 0 Å². The Bertz CT molecular complexity index is 1040. The van der Waals surface area contributed by atoms with Crippen molar-refractivity contribution in [3.8, 4) is 11.4 Å². The molecule has 144 valence electrons. The zero-order chi connectivity index (χ0) is 20.1. The lowest BCUT2D eigenvalue weighted by Gasteiger charge is -2.09. The number of carbonyl (C=O) groups excluding carboxylic acids is 2. The molecule has 3 rings (SSSR count). The number of nitrogens with zero attached hydrogens (tertiary/aromatic N) is 2. The largest absolute Gasteiger partial charge is 0.359 e. The average Bonchev–Trinajstić information content (AvgIpc) is 3.04. The van der Waals surface area contributed by atoms with Gasteiger partial charge in [0.15, 0.2) is 10.6 Å². The van der Waals surface area contributed by atoms with Gasteiger partial charge < -0.3 is 10.6 Å². The maximum atomic E-state index is 12.5. The summed E-state index contributed by atoms with van der Waals surface area (Å²) in [4.78, 5) is 23.9. The molecular formula is C20H21N5O2S. The number of amides is 2. The Balaban J connectivity index is 1.70. The van der Waals surface area contributed by atoms with Crippen molar-refractivity contribution in [3.05, 3.63) is 64.4 Å². The third kappa shape index (κ3) is 4.72. The van der Waals surface area contributed by atoms with Gasteiger partial charge in [0, 0.05) is 18.3 Å². The standard InChI is InChI=1S/C20H21N5O2S/c1-13-3-7-15(8-4-13)19-23-24-20(28)25(19)12-18(27)22-16-9-5-14(6-10-16)11-17(26)21-2/h3-10H,11-12H2,1-2H3,(H,21,26)(H,22,27)(H,24,28). The summed E-state index contributed by atoms with van der Waals surface area (Å²) >= 11 is 5.28. The van der Waals surface area contributed by atoms with E-state index in [1.807, 2.05) is 43.3 Å². The Labute approximate surface area is 167 Å². The van der Waals surface area contributed by atoms with Gasteiger partial charge in [-0.15, -0.1) is 0 Å². The summed E-state index contributed by atoms with van der Waals surface area (Å²) in [5.41, 5.74) is 3.54. The second-order valence-electron chi connectivity index (χ2n) is 6.40. The van der Waals surface area contributed by atoms with E-state index < -0.39 is 0 Å². The lowest BCUT2D eigenvalue weighted by molar-refractivity contribution is -0.120. The molecule has 0 saturated carbocycles. The highest BCUT2D eigenvalue weighted by atomic mass is 32.1. The highest BCUT2D eigenvalue weighted by Crippen LogP contribution is 2.18. The molecule has 2 amide bonds. The fraction of sp³-hybridized carbons (Fsp3) is 0.200. The minimum atomic E-state index is -0.218. The number of aryl methyl sites for hydroxylation is 1. The van der Waals surface area contributed by atoms with Crippen LogP contribution in [-0.4, -0.2) is 33.6 Å². The van der Waals surface area contributed by atoms with Gasteiger partial charge in [0.25, 0.3) is 0 Å². The molecule has 0 spiro atoms. The van der Waals surface area contributed by atoms with Gasteiger partial charge in [-0.05, 0) is 36.8 Å². The van der Waals surface area contributed by atoms with Gasteiger partial charge in [-0.25, -0.2) is 0 Å². The van der Waals surface area contributed by atoms with Gasteiger partial charge in [0.2, 0.25) is 11.8 Å². The molecule has 1 aromatic heterocycles. The third-order valence-corrected chi connectivity index (χ3v) is 4.56. The monoisotopic (exact) mass is 395 g/mol. The van der Waals surface area contributed by atoms with Gasteiger partial charge >= 0.3 is 0 Å². The summed E-state index contributed by atoms with van der Waals surface area (Å²) in [6.45, 7) is 2.05. The zero-order valence-electron chi connectivity index (χ0n) is 15.7. The second kappa shape index (κ2) is 8.62. The van der Waals surface area contributed by atoms with Crippen molar-refractivity contribution < 1.29 is 9.59 Å². The summed E-state index contributed by atoms with van der Waals surface area (Å²) in [5, 5.41) is 12.4. The van der Waals surface area contributed by atoms with Crippen LogP contribution in [0.4, 0.5) is 5.69 Å². The number of aromatic nitrogens is 3. The van der Waals surface area contributed by atoms with Crippen molar-refractivity contribution in [2.75, 3.05) is 12.4 Å². The van der Waals surface area contributed by atoms with Crippen LogP contribution < -0.4 is 10.6 Å². The molecule has 28 heavy (non-hydrogen) atoms. The van der Waals surface area contributed by atoms with Crippen molar-refractivity contribution in [3.63, 3.8) is 0 Å². The topological polar surface area (TPSA) is 91.8 Å². The quantitative estimate of drug-likeness (QED) is 0.560. The first-order chi connectivity index (χ1) is 13.5. The summed E-state index contributed by atoms with van der Waals surface area (Å²) in [5.74, 6) is 0.334. The van der Waals surface area contributed by atoms with Crippen molar-refractivity contribution in [1.29, 1.82) is 0 Å². The van der Waals surface area contributed by atoms with Crippen LogP contribution in [0.15, 0.2) is 48.5 Å². The molecule has 1 heterocycles. The van der Waals surface area contributed by atoms with E-state index in [0.29, 0.717) is 22.7 Å². The Hall–Kier alpha value is -3.26. The van der Waals surface area contributed by atoms with Crippen LogP contribution >= 0.6 is 12.2 Å². The zero-order valence-corrected chi connectivity index (χ0v) is 16.5. The molecule has 0 aliphatic heterocycles. The van der Waals surface area contributed by atoms with E-state index in [9.17, 15) is 9.59 Å². The van der Waals surface area contributed by atoms with Gasteiger partial charge in [-0.2, -0.15) is 5.10 Å². The molecule has 0 atom stereocenters. The Morgan fingerprint density at radius 3 is 2.39 bits per heavy atom. The number of benzene rings is 2. The van der Waals surface area contributed by atoms with Crippen LogP contribution in [0.25, 0.3) is 11.4 Å². The molecule has 7 nitrogen and oxygen atoms in total. The Kier molecular flexibility index (Phi) is 6.00. The van der Waals surface area contributed by atoms with Crippen LogP contribution in [0.5, 0.6) is 0 Å². The third-order valence-electron chi connectivity index (χ3n) is 4.25. The van der Waals surface area contributed by atoms with Crippen LogP contribution in [0, 0.1) is 11.7 Å². The van der Waals surface area contributed by atoms with Crippen molar-refractivity contribution in [2.45, 2.75) is 19.9 Å². The number of anilines is 1. The number of likely N-dealkylation sites (N-methyl/N-ethyl adjacent to an activating group) is 1. The molecule has 0 bridgehead atoms. The predicted molar refractivity (Wildman–Crippen MR) is 110 cm³/mol. The van der Waals surface area contributed by atoms with Crippen molar-refractivity contribution >= 4 is 29.7 Å². The Morgan fingerprint density at radius 2 is 1.75 bits per heavy atom. The average molecular weight is 395 g/mol. The summed E-state index contributed by atoms with van der Waals surface area (Å²) in [6.07, 6.45) is 0.300. The van der Waals surface area contributed by atoms with Gasteiger partial charge in [0.1, 0.15) is 6.54 Å².